The predicted octanol–water partition coefficient (Wildman–Crippen LogP) is 4.66. The van der Waals surface area contributed by atoms with Gasteiger partial charge in [-0.1, -0.05) is 6.07 Å². The topological polar surface area (TPSA) is 59.0 Å². The molecular formula is C19H21F10NO5. The average Bonchev–Trinajstić information content (AvgIpc) is 2.74. The zero-order valence-electron chi connectivity index (χ0n) is 17.8. The highest BCUT2D eigenvalue weighted by Crippen LogP contribution is 2.48. The van der Waals surface area contributed by atoms with Crippen LogP contribution in [0.4, 0.5) is 43.9 Å². The van der Waals surface area contributed by atoms with Crippen LogP contribution in [-0.4, -0.2) is 82.0 Å². The van der Waals surface area contributed by atoms with Crippen LogP contribution in [0.1, 0.15) is 23.6 Å². The molecule has 0 aromatic carbocycles. The van der Waals surface area contributed by atoms with Crippen molar-refractivity contribution < 1.29 is 67.6 Å². The molecule has 202 valence electrons. The van der Waals surface area contributed by atoms with Gasteiger partial charge in [0.05, 0.1) is 64.2 Å². The fourth-order valence-electron chi connectivity index (χ4n) is 2.80. The summed E-state index contributed by atoms with van der Waals surface area (Å²) in [7, 11) is 0. The highest BCUT2D eigenvalue weighted by Gasteiger charge is 2.65. The quantitative estimate of drug-likeness (QED) is 0.516. The number of alkyl halides is 10. The van der Waals surface area contributed by atoms with E-state index in [9.17, 15) is 43.9 Å². The summed E-state index contributed by atoms with van der Waals surface area (Å²) in [5, 5.41) is 0. The molecule has 0 unspecified atom stereocenters. The molecule has 0 N–H and O–H groups in total. The van der Waals surface area contributed by atoms with E-state index in [4.69, 9.17) is 14.2 Å². The number of aromatic nitrogens is 1. The zero-order valence-corrected chi connectivity index (χ0v) is 17.8. The van der Waals surface area contributed by atoms with E-state index < -0.39 is 74.2 Å². The summed E-state index contributed by atoms with van der Waals surface area (Å²) >= 11 is 0. The van der Waals surface area contributed by atoms with Gasteiger partial charge in [-0.25, -0.2) is 0 Å². The molecule has 0 radical (unpaired) electrons. The first-order valence-electron chi connectivity index (χ1n) is 10.0. The lowest BCUT2D eigenvalue weighted by Crippen LogP contribution is -2.45. The molecule has 2 rings (SSSR count). The van der Waals surface area contributed by atoms with Gasteiger partial charge >= 0.3 is 24.2 Å². The molecule has 0 fully saturated rings. The standard InChI is InChI=1S/C19H21F10NO5/c20-16(21,18(24,25)26)14-12-2-1-3-13(30-12)15(17(22,23)19(27,28)29)35-11-9-33-7-5-31-4-6-32-8-10-34-14/h1-3,14-15H,4-11H2/t14-,15-/m0/s1. The zero-order chi connectivity index (χ0) is 26.3. The third kappa shape index (κ3) is 7.62. The van der Waals surface area contributed by atoms with E-state index >= 15 is 0 Å². The minimum atomic E-state index is -6.16. The Morgan fingerprint density at radius 1 is 0.543 bits per heavy atom. The molecule has 1 aromatic rings. The number of rotatable bonds is 2. The summed E-state index contributed by atoms with van der Waals surface area (Å²) in [6.07, 6.45) is -18.7. The van der Waals surface area contributed by atoms with Crippen molar-refractivity contribution in [1.82, 2.24) is 4.98 Å². The molecule has 1 aromatic heterocycles. The van der Waals surface area contributed by atoms with Crippen LogP contribution in [-0.2, 0) is 23.7 Å². The van der Waals surface area contributed by atoms with Gasteiger partial charge in [0.25, 0.3) is 0 Å². The van der Waals surface area contributed by atoms with Crippen molar-refractivity contribution in [2.45, 2.75) is 36.4 Å². The van der Waals surface area contributed by atoms with Gasteiger partial charge in [-0.2, -0.15) is 43.9 Å². The molecule has 6 nitrogen and oxygen atoms in total. The number of nitrogens with zero attached hydrogens (tertiary/aromatic N) is 1. The highest BCUT2D eigenvalue weighted by atomic mass is 19.4. The van der Waals surface area contributed by atoms with E-state index in [0.29, 0.717) is 18.2 Å². The van der Waals surface area contributed by atoms with Crippen LogP contribution >= 0.6 is 0 Å². The maximum atomic E-state index is 14.2. The van der Waals surface area contributed by atoms with Crippen LogP contribution in [0.3, 0.4) is 0 Å². The van der Waals surface area contributed by atoms with Crippen LogP contribution < -0.4 is 0 Å². The number of ether oxygens (including phenoxy) is 5. The molecular weight excluding hydrogens is 512 g/mol. The second kappa shape index (κ2) is 12.0. The van der Waals surface area contributed by atoms with Crippen molar-refractivity contribution in [3.8, 4) is 0 Å². The number of halogens is 10. The summed E-state index contributed by atoms with van der Waals surface area (Å²) in [5.41, 5.74) is -2.48. The Kier molecular flexibility index (Phi) is 10.1. The largest absolute Gasteiger partial charge is 0.456 e. The van der Waals surface area contributed by atoms with Gasteiger partial charge in [0.2, 0.25) is 0 Å². The summed E-state index contributed by atoms with van der Waals surface area (Å²) in [5.74, 6) is -11.2. The molecule has 0 saturated carbocycles. The van der Waals surface area contributed by atoms with Crippen molar-refractivity contribution in [1.29, 1.82) is 0 Å². The minimum Gasteiger partial charge on any atom is -0.377 e. The number of fused-ring (bicyclic) bond motifs is 2. The second-order valence-electron chi connectivity index (χ2n) is 7.07. The van der Waals surface area contributed by atoms with Gasteiger partial charge < -0.3 is 23.7 Å². The number of hydrogen-bond acceptors (Lipinski definition) is 6. The van der Waals surface area contributed by atoms with Gasteiger partial charge in [0.15, 0.2) is 12.2 Å². The van der Waals surface area contributed by atoms with Gasteiger partial charge in [0.1, 0.15) is 0 Å². The normalized spacial score (nSPS) is 23.4. The smallest absolute Gasteiger partial charge is 0.377 e. The predicted molar refractivity (Wildman–Crippen MR) is 96.1 cm³/mol. The summed E-state index contributed by atoms with van der Waals surface area (Å²) < 4.78 is 159. The molecule has 1 aliphatic heterocycles. The van der Waals surface area contributed by atoms with E-state index in [-0.39, 0.29) is 26.4 Å². The van der Waals surface area contributed by atoms with E-state index in [1.807, 2.05) is 0 Å². The Labute approximate surface area is 192 Å². The first-order valence-corrected chi connectivity index (χ1v) is 10.0. The Balaban J connectivity index is 2.48. The van der Waals surface area contributed by atoms with Gasteiger partial charge in [0, 0.05) is 0 Å². The molecule has 0 amide bonds. The molecule has 0 spiro atoms. The maximum absolute atomic E-state index is 14.2. The van der Waals surface area contributed by atoms with Gasteiger partial charge in [-0.05, 0) is 12.1 Å². The van der Waals surface area contributed by atoms with Gasteiger partial charge in [-0.15, -0.1) is 0 Å². The molecule has 0 aliphatic carbocycles. The van der Waals surface area contributed by atoms with E-state index in [2.05, 4.69) is 14.5 Å². The van der Waals surface area contributed by atoms with Crippen molar-refractivity contribution in [3.05, 3.63) is 29.6 Å². The fraction of sp³-hybridized carbons (Fsp3) is 0.737. The molecule has 16 heteroatoms. The Morgan fingerprint density at radius 2 is 0.857 bits per heavy atom. The van der Waals surface area contributed by atoms with Crippen molar-refractivity contribution in [2.75, 3.05) is 52.9 Å². The summed E-state index contributed by atoms with van der Waals surface area (Å²) in [6, 6.07) is 1.84. The molecule has 2 atom stereocenters. The molecule has 2 heterocycles. The van der Waals surface area contributed by atoms with Crippen molar-refractivity contribution in [3.63, 3.8) is 0 Å². The lowest BCUT2D eigenvalue weighted by atomic mass is 10.0. The van der Waals surface area contributed by atoms with Crippen LogP contribution in [0.25, 0.3) is 0 Å². The number of pyridine rings is 1. The Bertz CT molecular complexity index is 731. The van der Waals surface area contributed by atoms with Crippen LogP contribution in [0, 0.1) is 0 Å². The van der Waals surface area contributed by atoms with Crippen molar-refractivity contribution in [2.24, 2.45) is 0 Å². The highest BCUT2D eigenvalue weighted by molar-refractivity contribution is 5.20. The van der Waals surface area contributed by atoms with Crippen LogP contribution in [0.15, 0.2) is 18.2 Å². The first kappa shape index (κ1) is 29.5. The second-order valence-corrected chi connectivity index (χ2v) is 7.07. The first-order chi connectivity index (χ1) is 16.2. The SMILES string of the molecule is FC(F)(F)C(F)(F)[C@H]1OCCOCCOCCOCCO[C@H](C(F)(F)C(F)(F)F)c2cccc1n2. The monoisotopic (exact) mass is 533 g/mol. The van der Waals surface area contributed by atoms with E-state index in [1.54, 1.807) is 0 Å². The molecule has 35 heavy (non-hydrogen) atoms. The average molecular weight is 533 g/mol. The minimum absolute atomic E-state index is 0.00845. The Morgan fingerprint density at radius 3 is 1.17 bits per heavy atom. The van der Waals surface area contributed by atoms with Gasteiger partial charge in [-0.3, -0.25) is 4.98 Å². The van der Waals surface area contributed by atoms with Crippen LogP contribution in [0.5, 0.6) is 0 Å². The Hall–Kier alpha value is -1.75. The van der Waals surface area contributed by atoms with E-state index in [1.165, 1.54) is 0 Å². The molecule has 1 aliphatic rings. The van der Waals surface area contributed by atoms with E-state index in [0.717, 1.165) is 0 Å². The third-order valence-electron chi connectivity index (χ3n) is 4.51. The maximum Gasteiger partial charge on any atom is 0.456 e. The summed E-state index contributed by atoms with van der Waals surface area (Å²) in [6.45, 7) is -2.68. The van der Waals surface area contributed by atoms with Crippen LogP contribution in [0.2, 0.25) is 0 Å². The lowest BCUT2D eigenvalue weighted by molar-refractivity contribution is -0.324. The lowest BCUT2D eigenvalue weighted by Gasteiger charge is -2.30. The summed E-state index contributed by atoms with van der Waals surface area (Å²) in [4.78, 5) is 3.25. The fourth-order valence-corrected chi connectivity index (χ4v) is 2.80. The third-order valence-corrected chi connectivity index (χ3v) is 4.51. The molecule has 0 saturated heterocycles. The van der Waals surface area contributed by atoms with Crippen molar-refractivity contribution >= 4 is 0 Å². The molecule has 2 bridgehead atoms. The number of hydrogen-bond donors (Lipinski definition) is 0.